The first-order chi connectivity index (χ1) is 7.97. The summed E-state index contributed by atoms with van der Waals surface area (Å²) in [6.45, 7) is 0. The van der Waals surface area contributed by atoms with Gasteiger partial charge in [-0.25, -0.2) is 8.42 Å². The minimum absolute atomic E-state index is 0.155. The second-order valence-electron chi connectivity index (χ2n) is 5.76. The van der Waals surface area contributed by atoms with Gasteiger partial charge in [0.15, 0.2) is 0 Å². The van der Waals surface area contributed by atoms with Crippen LogP contribution in [0.2, 0.25) is 0 Å². The van der Waals surface area contributed by atoms with Gasteiger partial charge in [-0.05, 0) is 38.0 Å². The van der Waals surface area contributed by atoms with Crippen LogP contribution in [0.5, 0.6) is 0 Å². The molecule has 0 aromatic rings. The van der Waals surface area contributed by atoms with E-state index in [2.05, 4.69) is 0 Å². The first-order valence-electron chi connectivity index (χ1n) is 6.68. The molecule has 2 unspecified atom stereocenters. The van der Waals surface area contributed by atoms with E-state index in [9.17, 15) is 13.2 Å². The van der Waals surface area contributed by atoms with Crippen LogP contribution in [-0.2, 0) is 14.6 Å². The number of rotatable bonds is 5. The number of hydrogen-bond acceptors (Lipinski definition) is 3. The Bertz CT molecular complexity index is 381. The first kappa shape index (κ1) is 13.1. The molecule has 2 fully saturated rings. The molecule has 2 rings (SSSR count). The lowest BCUT2D eigenvalue weighted by Crippen LogP contribution is -2.27. The quantitative estimate of drug-likeness (QED) is 0.760. The van der Waals surface area contributed by atoms with Crippen LogP contribution in [0.3, 0.4) is 0 Å². The fourth-order valence-electron chi connectivity index (χ4n) is 2.85. The highest BCUT2D eigenvalue weighted by atomic mass is 32.2. The number of ketones is 1. The average Bonchev–Trinajstić information content (AvgIpc) is 3.09. The second-order valence-corrected chi connectivity index (χ2v) is 8.09. The molecule has 0 heterocycles. The monoisotopic (exact) mass is 258 g/mol. The third-order valence-corrected chi connectivity index (χ3v) is 5.81. The van der Waals surface area contributed by atoms with E-state index in [0.29, 0.717) is 24.0 Å². The van der Waals surface area contributed by atoms with E-state index in [4.69, 9.17) is 0 Å². The first-order valence-corrected chi connectivity index (χ1v) is 8.64. The largest absolute Gasteiger partial charge is 0.299 e. The summed E-state index contributed by atoms with van der Waals surface area (Å²) in [4.78, 5) is 11.6. The second kappa shape index (κ2) is 5.09. The van der Waals surface area contributed by atoms with Gasteiger partial charge in [-0.15, -0.1) is 0 Å². The zero-order valence-corrected chi connectivity index (χ0v) is 11.3. The van der Waals surface area contributed by atoms with Crippen molar-refractivity contribution in [1.82, 2.24) is 0 Å². The maximum atomic E-state index is 11.6. The summed E-state index contributed by atoms with van der Waals surface area (Å²) in [6.07, 6.45) is 8.76. The lowest BCUT2D eigenvalue weighted by atomic mass is 9.85. The number of carbonyl (C=O) groups excluding carboxylic acids is 1. The van der Waals surface area contributed by atoms with Gasteiger partial charge in [0.25, 0.3) is 0 Å². The van der Waals surface area contributed by atoms with Crippen molar-refractivity contribution in [3.8, 4) is 0 Å². The Hall–Kier alpha value is -0.380. The molecular weight excluding hydrogens is 236 g/mol. The number of sulfone groups is 1. The van der Waals surface area contributed by atoms with Crippen LogP contribution in [0.1, 0.15) is 51.4 Å². The Morgan fingerprint density at radius 2 is 1.88 bits per heavy atom. The van der Waals surface area contributed by atoms with Crippen LogP contribution in [0.25, 0.3) is 0 Å². The third-order valence-electron chi connectivity index (χ3n) is 4.17. The predicted molar refractivity (Wildman–Crippen MR) is 67.6 cm³/mol. The molecule has 98 valence electrons. The normalized spacial score (nSPS) is 30.2. The predicted octanol–water partition coefficient (Wildman–Crippen LogP) is 2.35. The van der Waals surface area contributed by atoms with Crippen LogP contribution in [-0.4, -0.2) is 25.7 Å². The van der Waals surface area contributed by atoms with E-state index in [-0.39, 0.29) is 5.25 Å². The molecule has 2 saturated carbocycles. The Balaban J connectivity index is 1.79. The molecule has 4 heteroatoms. The molecule has 0 N–H and O–H groups in total. The van der Waals surface area contributed by atoms with E-state index in [1.165, 1.54) is 6.26 Å². The zero-order chi connectivity index (χ0) is 12.5. The molecule has 2 aliphatic rings. The maximum absolute atomic E-state index is 11.6. The number of carbonyl (C=O) groups is 1. The summed E-state index contributed by atoms with van der Waals surface area (Å²) in [7, 11) is -2.89. The number of hydrogen-bond donors (Lipinski definition) is 0. The lowest BCUT2D eigenvalue weighted by Gasteiger charge is -2.27. The lowest BCUT2D eigenvalue weighted by molar-refractivity contribution is -0.120. The summed E-state index contributed by atoms with van der Waals surface area (Å²) >= 11 is 0. The van der Waals surface area contributed by atoms with Crippen molar-refractivity contribution < 1.29 is 13.2 Å². The molecule has 0 spiro atoms. The molecule has 0 bridgehead atoms. The Morgan fingerprint density at radius 3 is 2.47 bits per heavy atom. The van der Waals surface area contributed by atoms with Gasteiger partial charge in [0.1, 0.15) is 15.6 Å². The topological polar surface area (TPSA) is 51.2 Å². The molecule has 0 aromatic carbocycles. The number of Topliss-reactive ketones (excluding diaryl/α,β-unsaturated/α-hetero) is 1. The summed E-state index contributed by atoms with van der Waals surface area (Å²) < 4.78 is 23.0. The molecule has 0 saturated heterocycles. The fraction of sp³-hybridized carbons (Fsp3) is 0.923. The zero-order valence-electron chi connectivity index (χ0n) is 10.5. The van der Waals surface area contributed by atoms with Crippen molar-refractivity contribution in [2.45, 2.75) is 56.6 Å². The van der Waals surface area contributed by atoms with Crippen molar-refractivity contribution in [3.63, 3.8) is 0 Å². The molecule has 0 radical (unpaired) electrons. The molecule has 3 nitrogen and oxygen atoms in total. The standard InChI is InChI=1S/C13H22O3S/c1-17(15,16)12-4-2-3-10(9-12)5-8-13(14)11-6-7-11/h10-12H,2-9H2,1H3. The summed E-state index contributed by atoms with van der Waals surface area (Å²) in [5, 5.41) is -0.155. The van der Waals surface area contributed by atoms with Crippen LogP contribution in [0, 0.1) is 11.8 Å². The van der Waals surface area contributed by atoms with Gasteiger partial charge in [0.05, 0.1) is 5.25 Å². The summed E-state index contributed by atoms with van der Waals surface area (Å²) in [6, 6.07) is 0. The Kier molecular flexibility index (Phi) is 3.91. The van der Waals surface area contributed by atoms with E-state index in [1.807, 2.05) is 0 Å². The van der Waals surface area contributed by atoms with E-state index in [0.717, 1.165) is 44.9 Å². The van der Waals surface area contributed by atoms with Crippen molar-refractivity contribution in [2.75, 3.05) is 6.26 Å². The third kappa shape index (κ3) is 3.80. The van der Waals surface area contributed by atoms with Crippen LogP contribution in [0.4, 0.5) is 0 Å². The SMILES string of the molecule is CS(=O)(=O)C1CCCC(CCC(=O)C2CC2)C1. The van der Waals surface area contributed by atoms with Crippen molar-refractivity contribution in [3.05, 3.63) is 0 Å². The Morgan fingerprint density at radius 1 is 1.18 bits per heavy atom. The average molecular weight is 258 g/mol. The summed E-state index contributed by atoms with van der Waals surface area (Å²) in [5.74, 6) is 1.21. The fourth-order valence-corrected chi connectivity index (χ4v) is 4.07. The molecule has 0 aliphatic heterocycles. The van der Waals surface area contributed by atoms with Crippen LogP contribution < -0.4 is 0 Å². The van der Waals surface area contributed by atoms with Crippen molar-refractivity contribution in [2.24, 2.45) is 11.8 Å². The van der Waals surface area contributed by atoms with Gasteiger partial charge < -0.3 is 0 Å². The van der Waals surface area contributed by atoms with Crippen LogP contribution in [0.15, 0.2) is 0 Å². The smallest absolute Gasteiger partial charge is 0.150 e. The Labute approximate surface area is 104 Å². The van der Waals surface area contributed by atoms with Gasteiger partial charge in [-0.3, -0.25) is 4.79 Å². The molecule has 2 atom stereocenters. The van der Waals surface area contributed by atoms with E-state index < -0.39 is 9.84 Å². The van der Waals surface area contributed by atoms with Gasteiger partial charge >= 0.3 is 0 Å². The molecule has 17 heavy (non-hydrogen) atoms. The highest BCUT2D eigenvalue weighted by Crippen LogP contribution is 2.35. The molecular formula is C13H22O3S. The van der Waals surface area contributed by atoms with Gasteiger partial charge in [-0.1, -0.05) is 12.8 Å². The van der Waals surface area contributed by atoms with Gasteiger partial charge in [0.2, 0.25) is 0 Å². The van der Waals surface area contributed by atoms with Crippen LogP contribution >= 0.6 is 0 Å². The molecule has 2 aliphatic carbocycles. The molecule has 0 amide bonds. The van der Waals surface area contributed by atoms with Gasteiger partial charge in [0, 0.05) is 18.6 Å². The molecule has 0 aromatic heterocycles. The summed E-state index contributed by atoms with van der Waals surface area (Å²) in [5.41, 5.74) is 0. The van der Waals surface area contributed by atoms with E-state index in [1.54, 1.807) is 0 Å². The highest BCUT2D eigenvalue weighted by molar-refractivity contribution is 7.91. The minimum atomic E-state index is -2.89. The van der Waals surface area contributed by atoms with Crippen molar-refractivity contribution in [1.29, 1.82) is 0 Å². The maximum Gasteiger partial charge on any atom is 0.150 e. The van der Waals surface area contributed by atoms with Gasteiger partial charge in [-0.2, -0.15) is 0 Å². The minimum Gasteiger partial charge on any atom is -0.299 e. The highest BCUT2D eigenvalue weighted by Gasteiger charge is 2.32. The van der Waals surface area contributed by atoms with E-state index >= 15 is 0 Å². The van der Waals surface area contributed by atoms with Crippen molar-refractivity contribution >= 4 is 15.6 Å².